The highest BCUT2D eigenvalue weighted by molar-refractivity contribution is 6.30. The van der Waals surface area contributed by atoms with E-state index in [4.69, 9.17) is 23.2 Å². The molecule has 0 radical (unpaired) electrons. The molecular formula is C12H11Cl2N5. The highest BCUT2D eigenvalue weighted by atomic mass is 35.5. The van der Waals surface area contributed by atoms with Crippen molar-refractivity contribution >= 4 is 40.5 Å². The van der Waals surface area contributed by atoms with Crippen LogP contribution in [0.5, 0.6) is 0 Å². The minimum absolute atomic E-state index is 0.212. The SMILES string of the molecule is Clc1cccc(CNc2nc(Cl)nc3c2NCN3)c1. The first kappa shape index (κ1) is 12.3. The largest absolute Gasteiger partial charge is 0.364 e. The van der Waals surface area contributed by atoms with E-state index in [1.807, 2.05) is 24.3 Å². The second-order valence-corrected chi connectivity index (χ2v) is 4.85. The molecular weight excluding hydrogens is 285 g/mol. The molecule has 1 aliphatic heterocycles. The Morgan fingerprint density at radius 3 is 2.95 bits per heavy atom. The number of hydrogen-bond acceptors (Lipinski definition) is 5. The van der Waals surface area contributed by atoms with Crippen molar-refractivity contribution in [2.75, 3.05) is 22.6 Å². The first-order chi connectivity index (χ1) is 9.22. The predicted octanol–water partition coefficient (Wildman–Crippen LogP) is 3.19. The molecule has 0 spiro atoms. The molecule has 0 atom stereocenters. The van der Waals surface area contributed by atoms with Crippen molar-refractivity contribution < 1.29 is 0 Å². The lowest BCUT2D eigenvalue weighted by molar-refractivity contribution is 1.09. The van der Waals surface area contributed by atoms with Gasteiger partial charge < -0.3 is 16.0 Å². The Bertz CT molecular complexity index is 617. The zero-order chi connectivity index (χ0) is 13.2. The summed E-state index contributed by atoms with van der Waals surface area (Å²) in [6, 6.07) is 7.66. The van der Waals surface area contributed by atoms with Crippen molar-refractivity contribution in [1.82, 2.24) is 9.97 Å². The molecule has 0 unspecified atom stereocenters. The molecule has 3 N–H and O–H groups in total. The van der Waals surface area contributed by atoms with Crippen LogP contribution in [0.25, 0.3) is 0 Å². The van der Waals surface area contributed by atoms with Crippen LogP contribution < -0.4 is 16.0 Å². The average Bonchev–Trinajstić information content (AvgIpc) is 2.84. The number of nitrogens with zero attached hydrogens (tertiary/aromatic N) is 2. The molecule has 0 fully saturated rings. The van der Waals surface area contributed by atoms with Crippen molar-refractivity contribution in [3.05, 3.63) is 40.1 Å². The molecule has 19 heavy (non-hydrogen) atoms. The fraction of sp³-hybridized carbons (Fsp3) is 0.167. The normalized spacial score (nSPS) is 12.5. The maximum absolute atomic E-state index is 5.95. The number of anilines is 3. The molecule has 1 aromatic carbocycles. The minimum atomic E-state index is 0.212. The van der Waals surface area contributed by atoms with Crippen molar-refractivity contribution in [1.29, 1.82) is 0 Å². The summed E-state index contributed by atoms with van der Waals surface area (Å²) in [6.45, 7) is 1.23. The van der Waals surface area contributed by atoms with E-state index in [1.165, 1.54) is 0 Å². The quantitative estimate of drug-likeness (QED) is 0.759. The van der Waals surface area contributed by atoms with Gasteiger partial charge in [0.1, 0.15) is 5.69 Å². The van der Waals surface area contributed by atoms with Crippen LogP contribution in [0.15, 0.2) is 24.3 Å². The van der Waals surface area contributed by atoms with E-state index >= 15 is 0 Å². The van der Waals surface area contributed by atoms with Crippen molar-refractivity contribution in [2.24, 2.45) is 0 Å². The molecule has 0 saturated heterocycles. The van der Waals surface area contributed by atoms with E-state index < -0.39 is 0 Å². The van der Waals surface area contributed by atoms with E-state index in [0.717, 1.165) is 11.3 Å². The van der Waals surface area contributed by atoms with Crippen molar-refractivity contribution in [2.45, 2.75) is 6.54 Å². The molecule has 1 aliphatic rings. The van der Waals surface area contributed by atoms with Crippen LogP contribution in [0.4, 0.5) is 17.3 Å². The predicted molar refractivity (Wildman–Crippen MR) is 77.9 cm³/mol. The van der Waals surface area contributed by atoms with Gasteiger partial charge in [-0.3, -0.25) is 0 Å². The topological polar surface area (TPSA) is 61.9 Å². The second kappa shape index (κ2) is 5.11. The standard InChI is InChI=1S/C12H11Cl2N5/c13-8-3-1-2-7(4-8)5-15-10-9-11(17-6-16-9)19-12(14)18-10/h1-4,16H,5-6H2,(H2,15,17,18,19). The monoisotopic (exact) mass is 295 g/mol. The van der Waals surface area contributed by atoms with E-state index in [1.54, 1.807) is 0 Å². The third-order valence-corrected chi connectivity index (χ3v) is 3.16. The van der Waals surface area contributed by atoms with Gasteiger partial charge in [-0.15, -0.1) is 0 Å². The Morgan fingerprint density at radius 2 is 2.11 bits per heavy atom. The zero-order valence-electron chi connectivity index (χ0n) is 9.87. The second-order valence-electron chi connectivity index (χ2n) is 4.08. The van der Waals surface area contributed by atoms with Gasteiger partial charge in [0.25, 0.3) is 0 Å². The van der Waals surface area contributed by atoms with Crippen LogP contribution >= 0.6 is 23.2 Å². The molecule has 0 aliphatic carbocycles. The summed E-state index contributed by atoms with van der Waals surface area (Å²) < 4.78 is 0. The molecule has 0 amide bonds. The number of nitrogens with one attached hydrogen (secondary N) is 3. The lowest BCUT2D eigenvalue weighted by atomic mass is 10.2. The first-order valence-electron chi connectivity index (χ1n) is 5.76. The molecule has 2 aromatic rings. The van der Waals surface area contributed by atoms with Crippen LogP contribution in [-0.4, -0.2) is 16.6 Å². The molecule has 7 heteroatoms. The maximum Gasteiger partial charge on any atom is 0.226 e. The fourth-order valence-corrected chi connectivity index (χ4v) is 2.29. The summed E-state index contributed by atoms with van der Waals surface area (Å²) in [4.78, 5) is 8.29. The van der Waals surface area contributed by atoms with Crippen LogP contribution in [0.3, 0.4) is 0 Å². The summed E-state index contributed by atoms with van der Waals surface area (Å²) in [5.41, 5.74) is 1.91. The van der Waals surface area contributed by atoms with Crippen LogP contribution in [-0.2, 0) is 6.54 Å². The van der Waals surface area contributed by atoms with Crippen molar-refractivity contribution in [3.8, 4) is 0 Å². The lowest BCUT2D eigenvalue weighted by Crippen LogP contribution is -2.05. The Balaban J connectivity index is 1.81. The third-order valence-electron chi connectivity index (χ3n) is 2.75. The van der Waals surface area contributed by atoms with Gasteiger partial charge in [-0.2, -0.15) is 9.97 Å². The van der Waals surface area contributed by atoms with Gasteiger partial charge in [0.2, 0.25) is 5.28 Å². The van der Waals surface area contributed by atoms with Gasteiger partial charge in [0, 0.05) is 11.6 Å². The fourth-order valence-electron chi connectivity index (χ4n) is 1.91. The van der Waals surface area contributed by atoms with Crippen LogP contribution in [0.1, 0.15) is 5.56 Å². The summed E-state index contributed by atoms with van der Waals surface area (Å²) in [5, 5.41) is 10.4. The number of hydrogen-bond donors (Lipinski definition) is 3. The van der Waals surface area contributed by atoms with E-state index in [-0.39, 0.29) is 5.28 Å². The molecule has 3 rings (SSSR count). The molecule has 1 aromatic heterocycles. The Kier molecular flexibility index (Phi) is 3.31. The molecule has 2 heterocycles. The molecule has 0 bridgehead atoms. The molecule has 5 nitrogen and oxygen atoms in total. The highest BCUT2D eigenvalue weighted by Crippen LogP contribution is 2.32. The van der Waals surface area contributed by atoms with Gasteiger partial charge in [-0.25, -0.2) is 0 Å². The Hall–Kier alpha value is -1.72. The summed E-state index contributed by atoms with van der Waals surface area (Å²) >= 11 is 11.8. The van der Waals surface area contributed by atoms with Gasteiger partial charge in [-0.05, 0) is 29.3 Å². The maximum atomic E-state index is 5.95. The van der Waals surface area contributed by atoms with E-state index in [2.05, 4.69) is 25.9 Å². The number of halogens is 2. The third kappa shape index (κ3) is 2.67. The Morgan fingerprint density at radius 1 is 1.21 bits per heavy atom. The molecule has 98 valence electrons. The first-order valence-corrected chi connectivity index (χ1v) is 6.51. The number of rotatable bonds is 3. The summed E-state index contributed by atoms with van der Waals surface area (Å²) in [5.74, 6) is 1.40. The molecule has 0 saturated carbocycles. The summed E-state index contributed by atoms with van der Waals surface area (Å²) in [6.07, 6.45) is 0. The minimum Gasteiger partial charge on any atom is -0.364 e. The number of benzene rings is 1. The van der Waals surface area contributed by atoms with E-state index in [0.29, 0.717) is 29.9 Å². The summed E-state index contributed by atoms with van der Waals surface area (Å²) in [7, 11) is 0. The van der Waals surface area contributed by atoms with Crippen LogP contribution in [0.2, 0.25) is 10.3 Å². The number of fused-ring (bicyclic) bond motifs is 1. The van der Waals surface area contributed by atoms with E-state index in [9.17, 15) is 0 Å². The lowest BCUT2D eigenvalue weighted by Gasteiger charge is -2.10. The van der Waals surface area contributed by atoms with Gasteiger partial charge in [0.05, 0.1) is 6.67 Å². The van der Waals surface area contributed by atoms with Gasteiger partial charge in [-0.1, -0.05) is 23.7 Å². The van der Waals surface area contributed by atoms with Crippen molar-refractivity contribution in [3.63, 3.8) is 0 Å². The van der Waals surface area contributed by atoms with Crippen LogP contribution in [0, 0.1) is 0 Å². The van der Waals surface area contributed by atoms with Gasteiger partial charge in [0.15, 0.2) is 11.6 Å². The average molecular weight is 296 g/mol. The smallest absolute Gasteiger partial charge is 0.226 e. The number of aromatic nitrogens is 2. The zero-order valence-corrected chi connectivity index (χ0v) is 11.4. The Labute approximate surface area is 120 Å². The highest BCUT2D eigenvalue weighted by Gasteiger charge is 2.17. The van der Waals surface area contributed by atoms with Gasteiger partial charge >= 0.3 is 0 Å².